The highest BCUT2D eigenvalue weighted by molar-refractivity contribution is 5.88. The van der Waals surface area contributed by atoms with Gasteiger partial charge in [0.15, 0.2) is 0 Å². The molecule has 0 unspecified atom stereocenters. The lowest BCUT2D eigenvalue weighted by Gasteiger charge is -2.17. The van der Waals surface area contributed by atoms with E-state index in [2.05, 4.69) is 5.73 Å². The minimum atomic E-state index is -1.10. The Morgan fingerprint density at radius 1 is 1.32 bits per heavy atom. The lowest BCUT2D eigenvalue weighted by Crippen LogP contribution is -2.55. The van der Waals surface area contributed by atoms with Crippen LogP contribution in [0.25, 0.3) is 10.8 Å². The molecule has 0 spiro atoms. The first kappa shape index (κ1) is 13.4. The van der Waals surface area contributed by atoms with E-state index in [0.29, 0.717) is 12.4 Å². The quantitative estimate of drug-likeness (QED) is 0.857. The molecule has 2 rings (SSSR count). The molecule has 1 atom stereocenters. The average molecular weight is 259 g/mol. The van der Waals surface area contributed by atoms with Crippen LogP contribution in [0.3, 0.4) is 0 Å². The summed E-state index contributed by atoms with van der Waals surface area (Å²) < 4.78 is 5.59. The summed E-state index contributed by atoms with van der Waals surface area (Å²) in [6, 6.07) is 11.3. The van der Waals surface area contributed by atoms with Gasteiger partial charge in [0, 0.05) is 12.4 Å². The number of hydrogen-bond acceptors (Lipinski definition) is 3. The monoisotopic (exact) mass is 259 g/mol. The predicted octanol–water partition coefficient (Wildman–Crippen LogP) is 0.661. The van der Waals surface area contributed by atoms with Crippen molar-refractivity contribution in [2.24, 2.45) is 0 Å². The molecule has 0 heterocycles. The molecule has 0 aliphatic rings. The van der Waals surface area contributed by atoms with Gasteiger partial charge in [0.05, 0.1) is 12.2 Å². The van der Waals surface area contributed by atoms with Crippen molar-refractivity contribution >= 4 is 16.7 Å². The zero-order valence-corrected chi connectivity index (χ0v) is 10.9. The van der Waals surface area contributed by atoms with Crippen LogP contribution in [-0.4, -0.2) is 12.6 Å². The third-order valence-electron chi connectivity index (χ3n) is 3.05. The third-order valence-corrected chi connectivity index (χ3v) is 3.05. The summed E-state index contributed by atoms with van der Waals surface area (Å²) in [5, 5.41) is 12.8. The maximum Gasteiger partial charge on any atom is 0.129 e. The van der Waals surface area contributed by atoms with Gasteiger partial charge in [-0.1, -0.05) is 30.3 Å². The Bertz CT molecular complexity index is 595. The number of carboxylic acids is 1. The minimum Gasteiger partial charge on any atom is -0.550 e. The number of aliphatic carboxylic acids is 1. The molecule has 0 aliphatic heterocycles. The second kappa shape index (κ2) is 5.71. The van der Waals surface area contributed by atoms with Gasteiger partial charge in [-0.2, -0.15) is 0 Å². The maximum absolute atomic E-state index is 10.8. The average Bonchev–Trinajstić information content (AvgIpc) is 2.37. The molecule has 2 aromatic carbocycles. The molecule has 4 nitrogen and oxygen atoms in total. The second-order valence-electron chi connectivity index (χ2n) is 4.40. The Kier molecular flexibility index (Phi) is 4.02. The molecular formula is C15H17NO3. The van der Waals surface area contributed by atoms with E-state index in [0.717, 1.165) is 16.3 Å². The van der Waals surface area contributed by atoms with E-state index in [1.165, 1.54) is 0 Å². The van der Waals surface area contributed by atoms with Crippen LogP contribution in [-0.2, 0) is 4.79 Å². The summed E-state index contributed by atoms with van der Waals surface area (Å²) in [6.07, 6.45) is -0.117. The van der Waals surface area contributed by atoms with Crippen molar-refractivity contribution in [3.63, 3.8) is 0 Å². The van der Waals surface area contributed by atoms with Gasteiger partial charge in [-0.05, 0) is 23.8 Å². The lowest BCUT2D eigenvalue weighted by molar-refractivity contribution is -0.430. The van der Waals surface area contributed by atoms with E-state index in [9.17, 15) is 9.90 Å². The minimum absolute atomic E-state index is 0.117. The third kappa shape index (κ3) is 2.85. The van der Waals surface area contributed by atoms with Crippen LogP contribution < -0.4 is 15.6 Å². The number of carbonyl (C=O) groups is 1. The number of hydrogen-bond donors (Lipinski definition) is 1. The molecule has 0 saturated carbocycles. The Labute approximate surface area is 111 Å². The van der Waals surface area contributed by atoms with E-state index < -0.39 is 12.0 Å². The number of fused-ring (bicyclic) bond motifs is 1. The van der Waals surface area contributed by atoms with Gasteiger partial charge in [-0.25, -0.2) is 0 Å². The number of quaternary nitrogens is 1. The Balaban J connectivity index is 2.57. The summed E-state index contributed by atoms with van der Waals surface area (Å²) in [5.74, 6) is -0.405. The van der Waals surface area contributed by atoms with Crippen molar-refractivity contribution in [3.05, 3.63) is 42.0 Å². The Hall–Kier alpha value is -2.07. The van der Waals surface area contributed by atoms with Gasteiger partial charge in [0.1, 0.15) is 11.8 Å². The first-order valence-electron chi connectivity index (χ1n) is 6.30. The van der Waals surface area contributed by atoms with Crippen molar-refractivity contribution in [1.82, 2.24) is 0 Å². The molecular weight excluding hydrogens is 242 g/mol. The van der Waals surface area contributed by atoms with E-state index in [1.54, 1.807) is 0 Å². The summed E-state index contributed by atoms with van der Waals surface area (Å²) >= 11 is 0. The van der Waals surface area contributed by atoms with Crippen LogP contribution in [0.1, 0.15) is 24.9 Å². The maximum atomic E-state index is 10.8. The fourth-order valence-electron chi connectivity index (χ4n) is 2.28. The van der Waals surface area contributed by atoms with Crippen molar-refractivity contribution in [3.8, 4) is 5.75 Å². The highest BCUT2D eigenvalue weighted by Gasteiger charge is 2.19. The van der Waals surface area contributed by atoms with E-state index in [1.807, 2.05) is 43.3 Å². The molecule has 0 fully saturated rings. The van der Waals surface area contributed by atoms with E-state index in [-0.39, 0.29) is 6.42 Å². The summed E-state index contributed by atoms with van der Waals surface area (Å²) in [6.45, 7) is 2.43. The van der Waals surface area contributed by atoms with Gasteiger partial charge in [0.25, 0.3) is 0 Å². The fourth-order valence-corrected chi connectivity index (χ4v) is 2.28. The lowest BCUT2D eigenvalue weighted by atomic mass is 9.96. The molecule has 19 heavy (non-hydrogen) atoms. The smallest absolute Gasteiger partial charge is 0.129 e. The zero-order chi connectivity index (χ0) is 13.8. The van der Waals surface area contributed by atoms with Crippen LogP contribution >= 0.6 is 0 Å². The topological polar surface area (TPSA) is 77.0 Å². The van der Waals surface area contributed by atoms with Gasteiger partial charge in [-0.3, -0.25) is 0 Å². The van der Waals surface area contributed by atoms with Crippen molar-refractivity contribution in [2.45, 2.75) is 19.4 Å². The predicted molar refractivity (Wildman–Crippen MR) is 70.4 cm³/mol. The molecule has 4 heteroatoms. The number of carbonyl (C=O) groups excluding carboxylic acids is 1. The largest absolute Gasteiger partial charge is 0.550 e. The second-order valence-corrected chi connectivity index (χ2v) is 4.40. The number of carboxylic acid groups (broad SMARTS) is 1. The molecule has 0 aromatic heterocycles. The number of benzene rings is 2. The highest BCUT2D eigenvalue weighted by Crippen LogP contribution is 2.32. The van der Waals surface area contributed by atoms with Crippen LogP contribution in [0, 0.1) is 0 Å². The highest BCUT2D eigenvalue weighted by atomic mass is 16.5. The molecule has 100 valence electrons. The van der Waals surface area contributed by atoms with Crippen molar-refractivity contribution < 1.29 is 20.4 Å². The van der Waals surface area contributed by atoms with E-state index >= 15 is 0 Å². The molecule has 2 aromatic rings. The van der Waals surface area contributed by atoms with Crippen molar-refractivity contribution in [2.75, 3.05) is 6.61 Å². The first-order chi connectivity index (χ1) is 9.13. The molecule has 0 bridgehead atoms. The summed E-state index contributed by atoms with van der Waals surface area (Å²) in [4.78, 5) is 10.8. The number of ether oxygens (including phenoxy) is 1. The molecule has 3 N–H and O–H groups in total. The Morgan fingerprint density at radius 2 is 2.05 bits per heavy atom. The van der Waals surface area contributed by atoms with E-state index in [4.69, 9.17) is 4.74 Å². The Morgan fingerprint density at radius 3 is 2.74 bits per heavy atom. The normalized spacial score (nSPS) is 12.3. The molecule has 0 aliphatic carbocycles. The van der Waals surface area contributed by atoms with Crippen LogP contribution in [0.5, 0.6) is 5.75 Å². The van der Waals surface area contributed by atoms with Gasteiger partial charge < -0.3 is 20.4 Å². The SMILES string of the molecule is CCOc1ccc2ccccc2c1[C@@H]([NH3+])CC(=O)[O-]. The van der Waals surface area contributed by atoms with Crippen LogP contribution in [0.15, 0.2) is 36.4 Å². The van der Waals surface area contributed by atoms with Gasteiger partial charge >= 0.3 is 0 Å². The molecule has 0 saturated heterocycles. The number of rotatable bonds is 5. The molecule has 0 radical (unpaired) electrons. The first-order valence-corrected chi connectivity index (χ1v) is 6.30. The zero-order valence-electron chi connectivity index (χ0n) is 10.9. The molecule has 0 amide bonds. The van der Waals surface area contributed by atoms with Crippen LogP contribution in [0.4, 0.5) is 0 Å². The standard InChI is InChI=1S/C15H17NO3/c1-2-19-13-8-7-10-5-3-4-6-11(10)15(13)12(16)9-14(17)18/h3-8,12H,2,9,16H2,1H3,(H,17,18)/t12-/m0/s1. The van der Waals surface area contributed by atoms with Crippen molar-refractivity contribution in [1.29, 1.82) is 0 Å². The summed E-state index contributed by atoms with van der Waals surface area (Å²) in [7, 11) is 0. The van der Waals surface area contributed by atoms with Crippen LogP contribution in [0.2, 0.25) is 0 Å². The summed E-state index contributed by atoms with van der Waals surface area (Å²) in [5.41, 5.74) is 4.78. The van der Waals surface area contributed by atoms with Gasteiger partial charge in [-0.15, -0.1) is 0 Å². The van der Waals surface area contributed by atoms with Gasteiger partial charge in [0.2, 0.25) is 0 Å². The fraction of sp³-hybridized carbons (Fsp3) is 0.267.